The summed E-state index contributed by atoms with van der Waals surface area (Å²) in [4.78, 5) is 14.0. The second-order valence-corrected chi connectivity index (χ2v) is 2.84. The van der Waals surface area contributed by atoms with Crippen molar-refractivity contribution in [3.05, 3.63) is 30.5 Å². The molecule has 14 heavy (non-hydrogen) atoms. The second kappa shape index (κ2) is 3.41. The van der Waals surface area contributed by atoms with Gasteiger partial charge in [0, 0.05) is 18.6 Å². The molecule has 0 saturated heterocycles. The number of nitrogens with one attached hydrogen (secondary N) is 2. The molecule has 0 radical (unpaired) electrons. The molecule has 0 bridgehead atoms. The van der Waals surface area contributed by atoms with Gasteiger partial charge in [0.1, 0.15) is 0 Å². The highest BCUT2D eigenvalue weighted by molar-refractivity contribution is 5.87. The monoisotopic (exact) mass is 190 g/mol. The third-order valence-electron chi connectivity index (χ3n) is 1.96. The summed E-state index contributed by atoms with van der Waals surface area (Å²) in [5, 5.41) is 3.42. The molecule has 0 aliphatic heterocycles. The Hall–Kier alpha value is -1.97. The minimum absolute atomic E-state index is 0.466. The Morgan fingerprint density at radius 1 is 1.43 bits per heavy atom. The molecule has 1 aromatic carbocycles. The Kier molecular flexibility index (Phi) is 2.10. The van der Waals surface area contributed by atoms with Crippen molar-refractivity contribution in [2.75, 3.05) is 7.05 Å². The summed E-state index contributed by atoms with van der Waals surface area (Å²) in [5.41, 5.74) is 0.830. The number of aromatic amines is 1. The highest BCUT2D eigenvalue weighted by Crippen LogP contribution is 2.23. The molecule has 4 heteroatoms. The largest absolute Gasteiger partial charge is 0.412 e. The molecule has 1 heterocycles. The summed E-state index contributed by atoms with van der Waals surface area (Å²) in [7, 11) is 1.52. The number of amides is 1. The van der Waals surface area contributed by atoms with Crippen molar-refractivity contribution >= 4 is 17.0 Å². The zero-order chi connectivity index (χ0) is 9.97. The maximum Gasteiger partial charge on any atom is 0.412 e. The fraction of sp³-hybridized carbons (Fsp3) is 0.100. The molecule has 72 valence electrons. The van der Waals surface area contributed by atoms with Crippen molar-refractivity contribution in [3.63, 3.8) is 0 Å². The Balaban J connectivity index is 2.41. The number of hydrogen-bond acceptors (Lipinski definition) is 2. The molecule has 2 rings (SSSR count). The molecule has 2 aromatic rings. The van der Waals surface area contributed by atoms with Gasteiger partial charge in [0.05, 0.1) is 5.52 Å². The van der Waals surface area contributed by atoms with Gasteiger partial charge in [-0.2, -0.15) is 0 Å². The van der Waals surface area contributed by atoms with Crippen LogP contribution in [0.5, 0.6) is 5.75 Å². The molecule has 0 fully saturated rings. The van der Waals surface area contributed by atoms with E-state index in [0.717, 1.165) is 10.9 Å². The van der Waals surface area contributed by atoms with Gasteiger partial charge in [-0.25, -0.2) is 4.79 Å². The molecule has 2 N–H and O–H groups in total. The number of fused-ring (bicyclic) bond motifs is 1. The zero-order valence-corrected chi connectivity index (χ0v) is 7.70. The van der Waals surface area contributed by atoms with Crippen LogP contribution in [0.15, 0.2) is 30.5 Å². The number of rotatable bonds is 1. The summed E-state index contributed by atoms with van der Waals surface area (Å²) < 4.78 is 5.05. The van der Waals surface area contributed by atoms with Crippen LogP contribution in [0, 0.1) is 0 Å². The molecule has 0 aliphatic carbocycles. The van der Waals surface area contributed by atoms with Crippen LogP contribution in [0.4, 0.5) is 4.79 Å². The summed E-state index contributed by atoms with van der Waals surface area (Å²) in [6.07, 6.45) is 1.34. The molecule has 0 unspecified atom stereocenters. The minimum atomic E-state index is -0.466. The fourth-order valence-corrected chi connectivity index (χ4v) is 1.29. The SMILES string of the molecule is CNC(=O)Oc1cccc2cc[nH]c12. The molecule has 0 saturated carbocycles. The average molecular weight is 190 g/mol. The first-order valence-corrected chi connectivity index (χ1v) is 4.27. The molecule has 1 amide bonds. The van der Waals surface area contributed by atoms with E-state index < -0.39 is 6.09 Å². The molecule has 0 atom stereocenters. The van der Waals surface area contributed by atoms with Crippen LogP contribution < -0.4 is 10.1 Å². The lowest BCUT2D eigenvalue weighted by Gasteiger charge is -2.03. The first kappa shape index (κ1) is 8.62. The van der Waals surface area contributed by atoms with Gasteiger partial charge >= 0.3 is 6.09 Å². The molecule has 0 spiro atoms. The Morgan fingerprint density at radius 3 is 3.07 bits per heavy atom. The van der Waals surface area contributed by atoms with E-state index in [1.54, 1.807) is 12.3 Å². The van der Waals surface area contributed by atoms with Gasteiger partial charge in [-0.05, 0) is 12.1 Å². The standard InChI is InChI=1S/C10H10N2O2/c1-11-10(13)14-8-4-2-3-7-5-6-12-9(7)8/h2-6,12H,1H3,(H,11,13). The van der Waals surface area contributed by atoms with Crippen LogP contribution in [0.1, 0.15) is 0 Å². The van der Waals surface area contributed by atoms with Crippen molar-refractivity contribution in [3.8, 4) is 5.75 Å². The van der Waals surface area contributed by atoms with E-state index in [9.17, 15) is 4.79 Å². The van der Waals surface area contributed by atoms with Crippen LogP contribution in [0.3, 0.4) is 0 Å². The summed E-state index contributed by atoms with van der Waals surface area (Å²) in [6, 6.07) is 7.46. The van der Waals surface area contributed by atoms with Crippen molar-refractivity contribution in [2.24, 2.45) is 0 Å². The first-order valence-electron chi connectivity index (χ1n) is 4.27. The Morgan fingerprint density at radius 2 is 2.29 bits per heavy atom. The van der Waals surface area contributed by atoms with E-state index in [2.05, 4.69) is 10.3 Å². The van der Waals surface area contributed by atoms with E-state index in [-0.39, 0.29) is 0 Å². The first-order chi connectivity index (χ1) is 6.81. The second-order valence-electron chi connectivity index (χ2n) is 2.84. The van der Waals surface area contributed by atoms with Gasteiger partial charge in [-0.3, -0.25) is 0 Å². The van der Waals surface area contributed by atoms with Crippen LogP contribution in [-0.4, -0.2) is 18.1 Å². The predicted octanol–water partition coefficient (Wildman–Crippen LogP) is 1.89. The number of aromatic nitrogens is 1. The van der Waals surface area contributed by atoms with Gasteiger partial charge in [0.2, 0.25) is 0 Å². The van der Waals surface area contributed by atoms with Gasteiger partial charge in [0.25, 0.3) is 0 Å². The van der Waals surface area contributed by atoms with E-state index >= 15 is 0 Å². The predicted molar refractivity (Wildman–Crippen MR) is 53.4 cm³/mol. The third kappa shape index (κ3) is 1.42. The summed E-state index contributed by atoms with van der Waals surface area (Å²) in [5.74, 6) is 0.534. The number of carbonyl (C=O) groups is 1. The maximum absolute atomic E-state index is 11.0. The quantitative estimate of drug-likeness (QED) is 0.721. The van der Waals surface area contributed by atoms with E-state index in [1.807, 2.05) is 18.2 Å². The highest BCUT2D eigenvalue weighted by atomic mass is 16.6. The Labute approximate surface area is 80.9 Å². The molecule has 1 aromatic heterocycles. The van der Waals surface area contributed by atoms with Crippen LogP contribution in [0.25, 0.3) is 10.9 Å². The van der Waals surface area contributed by atoms with Gasteiger partial charge < -0.3 is 15.0 Å². The van der Waals surface area contributed by atoms with E-state index in [0.29, 0.717) is 5.75 Å². The molecular formula is C10H10N2O2. The average Bonchev–Trinajstić information content (AvgIpc) is 2.66. The number of H-pyrrole nitrogens is 1. The van der Waals surface area contributed by atoms with Crippen LogP contribution in [0.2, 0.25) is 0 Å². The minimum Gasteiger partial charge on any atom is -0.408 e. The smallest absolute Gasteiger partial charge is 0.408 e. The number of para-hydroxylation sites is 1. The van der Waals surface area contributed by atoms with Crippen molar-refractivity contribution in [2.45, 2.75) is 0 Å². The number of hydrogen-bond donors (Lipinski definition) is 2. The van der Waals surface area contributed by atoms with Gasteiger partial charge in [-0.1, -0.05) is 12.1 Å². The topological polar surface area (TPSA) is 54.1 Å². The number of carbonyl (C=O) groups excluding carboxylic acids is 1. The molecule has 0 aliphatic rings. The number of benzene rings is 1. The van der Waals surface area contributed by atoms with E-state index in [1.165, 1.54) is 7.05 Å². The maximum atomic E-state index is 11.0. The van der Waals surface area contributed by atoms with Gasteiger partial charge in [-0.15, -0.1) is 0 Å². The van der Waals surface area contributed by atoms with E-state index in [4.69, 9.17) is 4.74 Å². The lowest BCUT2D eigenvalue weighted by Crippen LogP contribution is -2.22. The molecule has 4 nitrogen and oxygen atoms in total. The van der Waals surface area contributed by atoms with Gasteiger partial charge in [0.15, 0.2) is 5.75 Å². The van der Waals surface area contributed by atoms with Crippen molar-refractivity contribution < 1.29 is 9.53 Å². The van der Waals surface area contributed by atoms with Crippen LogP contribution >= 0.6 is 0 Å². The third-order valence-corrected chi connectivity index (χ3v) is 1.96. The zero-order valence-electron chi connectivity index (χ0n) is 7.70. The molecular weight excluding hydrogens is 180 g/mol. The normalized spacial score (nSPS) is 10.1. The Bertz CT molecular complexity index is 462. The summed E-state index contributed by atoms with van der Waals surface area (Å²) >= 11 is 0. The summed E-state index contributed by atoms with van der Waals surface area (Å²) in [6.45, 7) is 0. The van der Waals surface area contributed by atoms with Crippen LogP contribution in [-0.2, 0) is 0 Å². The fourth-order valence-electron chi connectivity index (χ4n) is 1.29. The lowest BCUT2D eigenvalue weighted by atomic mass is 10.2. The number of ether oxygens (including phenoxy) is 1. The van der Waals surface area contributed by atoms with Crippen molar-refractivity contribution in [1.29, 1.82) is 0 Å². The highest BCUT2D eigenvalue weighted by Gasteiger charge is 2.05. The van der Waals surface area contributed by atoms with Crippen molar-refractivity contribution in [1.82, 2.24) is 10.3 Å². The lowest BCUT2D eigenvalue weighted by molar-refractivity contribution is 0.203.